The molecule has 0 saturated carbocycles. The van der Waals surface area contributed by atoms with Gasteiger partial charge in [-0.15, -0.1) is 0 Å². The molecule has 36 heavy (non-hydrogen) atoms. The molecule has 0 spiro atoms. The number of nitrogens with zero attached hydrogens (tertiary/aromatic N) is 6. The van der Waals surface area contributed by atoms with Gasteiger partial charge in [0.1, 0.15) is 23.3 Å². The van der Waals surface area contributed by atoms with E-state index in [1.165, 1.54) is 22.9 Å². The fourth-order valence-electron chi connectivity index (χ4n) is 4.14. The van der Waals surface area contributed by atoms with Crippen molar-refractivity contribution < 1.29 is 4.39 Å². The van der Waals surface area contributed by atoms with E-state index in [-0.39, 0.29) is 22.9 Å². The first-order valence-corrected chi connectivity index (χ1v) is 11.0. The topological polar surface area (TPSA) is 135 Å². The maximum atomic E-state index is 14.3. The molecule has 0 aliphatic carbocycles. The molecule has 0 aliphatic heterocycles. The van der Waals surface area contributed by atoms with Gasteiger partial charge in [-0.1, -0.05) is 24.3 Å². The molecule has 0 fully saturated rings. The van der Waals surface area contributed by atoms with Crippen LogP contribution in [0.3, 0.4) is 0 Å². The Labute approximate surface area is 204 Å². The zero-order valence-electron chi connectivity index (χ0n) is 19.1. The lowest BCUT2D eigenvalue weighted by Gasteiger charge is -2.22. The fourth-order valence-corrected chi connectivity index (χ4v) is 4.14. The number of nitrogens with two attached hydrogens (primary N) is 1. The Hall–Kier alpha value is -5.17. The molecule has 3 heterocycles. The first-order valence-electron chi connectivity index (χ1n) is 11.0. The van der Waals surface area contributed by atoms with Gasteiger partial charge >= 0.3 is 0 Å². The molecular weight excluding hydrogens is 459 g/mol. The minimum atomic E-state index is -0.530. The SMILES string of the molecule is CC(Nc1nc(N)ncc1C#N)c1cc2cccc(-c3ccnnc3)c2c(=O)n1-c1cccc(F)c1. The predicted molar refractivity (Wildman–Crippen MR) is 134 cm³/mol. The Morgan fingerprint density at radius 2 is 1.94 bits per heavy atom. The van der Waals surface area contributed by atoms with Crippen molar-refractivity contribution in [3.8, 4) is 22.9 Å². The number of benzene rings is 2. The summed E-state index contributed by atoms with van der Waals surface area (Å²) in [7, 11) is 0. The summed E-state index contributed by atoms with van der Waals surface area (Å²) < 4.78 is 15.7. The quantitative estimate of drug-likeness (QED) is 0.387. The number of nitriles is 1. The summed E-state index contributed by atoms with van der Waals surface area (Å²) in [6.45, 7) is 1.81. The van der Waals surface area contributed by atoms with Crippen LogP contribution in [0.1, 0.15) is 24.2 Å². The molecule has 3 aromatic heterocycles. The highest BCUT2D eigenvalue weighted by Gasteiger charge is 2.20. The summed E-state index contributed by atoms with van der Waals surface area (Å²) in [5, 5.41) is 21.5. The second-order valence-corrected chi connectivity index (χ2v) is 8.06. The number of anilines is 2. The Morgan fingerprint density at radius 1 is 1.11 bits per heavy atom. The first-order chi connectivity index (χ1) is 17.5. The normalized spacial score (nSPS) is 11.7. The maximum Gasteiger partial charge on any atom is 0.263 e. The van der Waals surface area contributed by atoms with Gasteiger partial charge in [-0.2, -0.15) is 20.4 Å². The molecule has 1 unspecified atom stereocenters. The molecule has 10 heteroatoms. The monoisotopic (exact) mass is 478 g/mol. The highest BCUT2D eigenvalue weighted by Crippen LogP contribution is 2.30. The fraction of sp³-hybridized carbons (Fsp3) is 0.0769. The van der Waals surface area contributed by atoms with E-state index in [1.54, 1.807) is 30.6 Å². The van der Waals surface area contributed by atoms with Crippen molar-refractivity contribution in [2.45, 2.75) is 13.0 Å². The van der Waals surface area contributed by atoms with E-state index in [2.05, 4.69) is 25.5 Å². The third-order valence-electron chi connectivity index (χ3n) is 5.76. The Morgan fingerprint density at radius 3 is 2.69 bits per heavy atom. The van der Waals surface area contributed by atoms with Crippen LogP contribution >= 0.6 is 0 Å². The van der Waals surface area contributed by atoms with Crippen molar-refractivity contribution in [3.63, 3.8) is 0 Å². The number of rotatable bonds is 5. The second-order valence-electron chi connectivity index (χ2n) is 8.06. The van der Waals surface area contributed by atoms with Gasteiger partial charge in [0.15, 0.2) is 0 Å². The molecule has 0 aliphatic rings. The lowest BCUT2D eigenvalue weighted by molar-refractivity contribution is 0.625. The molecule has 2 aromatic carbocycles. The molecule has 5 rings (SSSR count). The van der Waals surface area contributed by atoms with E-state index in [4.69, 9.17) is 5.73 Å². The van der Waals surface area contributed by atoms with Gasteiger partial charge in [-0.05, 0) is 48.2 Å². The van der Waals surface area contributed by atoms with Crippen molar-refractivity contribution in [2.24, 2.45) is 0 Å². The number of aromatic nitrogens is 5. The number of hydrogen-bond acceptors (Lipinski definition) is 8. The van der Waals surface area contributed by atoms with Crippen LogP contribution in [0.5, 0.6) is 0 Å². The lowest BCUT2D eigenvalue weighted by atomic mass is 9.99. The van der Waals surface area contributed by atoms with E-state index in [1.807, 2.05) is 37.3 Å². The van der Waals surface area contributed by atoms with Crippen LogP contribution in [0.25, 0.3) is 27.6 Å². The van der Waals surface area contributed by atoms with Gasteiger partial charge in [-0.3, -0.25) is 9.36 Å². The number of fused-ring (bicyclic) bond motifs is 1. The van der Waals surface area contributed by atoms with E-state index in [0.717, 1.165) is 5.56 Å². The smallest absolute Gasteiger partial charge is 0.263 e. The van der Waals surface area contributed by atoms with Gasteiger partial charge in [0.25, 0.3) is 5.56 Å². The molecule has 3 N–H and O–H groups in total. The highest BCUT2D eigenvalue weighted by molar-refractivity contribution is 5.96. The van der Waals surface area contributed by atoms with Crippen LogP contribution in [0.2, 0.25) is 0 Å². The Bertz CT molecular complexity index is 1700. The van der Waals surface area contributed by atoms with Crippen molar-refractivity contribution in [1.82, 2.24) is 24.7 Å². The molecule has 0 bridgehead atoms. The van der Waals surface area contributed by atoms with E-state index < -0.39 is 11.9 Å². The van der Waals surface area contributed by atoms with Gasteiger partial charge in [0.2, 0.25) is 5.95 Å². The zero-order valence-corrected chi connectivity index (χ0v) is 19.1. The predicted octanol–water partition coefficient (Wildman–Crippen LogP) is 4.00. The molecule has 0 saturated heterocycles. The third kappa shape index (κ3) is 4.10. The molecule has 0 amide bonds. The summed E-state index contributed by atoms with van der Waals surface area (Å²) >= 11 is 0. The lowest BCUT2D eigenvalue weighted by Crippen LogP contribution is -2.26. The Kier molecular flexibility index (Phi) is 5.80. The number of pyridine rings is 1. The van der Waals surface area contributed by atoms with Crippen molar-refractivity contribution >= 4 is 22.5 Å². The standard InChI is InChI=1S/C26H19FN8O/c1-15(33-24-18(12-28)13-30-26(29)34-24)22-10-16-4-2-7-21(17-8-9-31-32-14-17)23(16)25(36)35(22)20-6-3-5-19(27)11-20/h2-11,13-15H,1H3,(H3,29,30,33,34). The number of nitrogens with one attached hydrogen (secondary N) is 1. The minimum absolute atomic E-state index is 0.000310. The largest absolute Gasteiger partial charge is 0.368 e. The summed E-state index contributed by atoms with van der Waals surface area (Å²) in [4.78, 5) is 22.1. The van der Waals surface area contributed by atoms with Crippen molar-refractivity contribution in [2.75, 3.05) is 11.1 Å². The average Bonchev–Trinajstić information content (AvgIpc) is 2.89. The maximum absolute atomic E-state index is 14.3. The summed E-state index contributed by atoms with van der Waals surface area (Å²) in [5.41, 5.74) is 7.89. The molecular formula is C26H19FN8O. The number of halogens is 1. The Balaban J connectivity index is 1.76. The van der Waals surface area contributed by atoms with E-state index >= 15 is 0 Å². The molecule has 176 valence electrons. The summed E-state index contributed by atoms with van der Waals surface area (Å²) in [6, 6.07) is 16.5. The molecule has 1 atom stereocenters. The van der Waals surface area contributed by atoms with Crippen LogP contribution in [0, 0.1) is 17.1 Å². The van der Waals surface area contributed by atoms with Crippen LogP contribution in [0.4, 0.5) is 16.2 Å². The number of nitrogen functional groups attached to an aromatic ring is 1. The third-order valence-corrected chi connectivity index (χ3v) is 5.76. The summed E-state index contributed by atoms with van der Waals surface area (Å²) in [6.07, 6.45) is 4.47. The van der Waals surface area contributed by atoms with Gasteiger partial charge in [-0.25, -0.2) is 9.37 Å². The van der Waals surface area contributed by atoms with Crippen LogP contribution < -0.4 is 16.6 Å². The van der Waals surface area contributed by atoms with Gasteiger partial charge in [0, 0.05) is 11.3 Å². The highest BCUT2D eigenvalue weighted by atomic mass is 19.1. The van der Waals surface area contributed by atoms with Crippen LogP contribution in [-0.2, 0) is 0 Å². The van der Waals surface area contributed by atoms with Gasteiger partial charge in [0.05, 0.1) is 35.7 Å². The van der Waals surface area contributed by atoms with Crippen molar-refractivity contribution in [1.29, 1.82) is 5.26 Å². The number of hydrogen-bond donors (Lipinski definition) is 2. The minimum Gasteiger partial charge on any atom is -0.368 e. The molecule has 5 aromatic rings. The first kappa shape index (κ1) is 22.6. The zero-order chi connectivity index (χ0) is 25.2. The molecule has 9 nitrogen and oxygen atoms in total. The van der Waals surface area contributed by atoms with Crippen molar-refractivity contribution in [3.05, 3.63) is 101 Å². The molecule has 0 radical (unpaired) electrons. The summed E-state index contributed by atoms with van der Waals surface area (Å²) in [5.74, 6) is -0.249. The van der Waals surface area contributed by atoms with Crippen LogP contribution in [-0.4, -0.2) is 24.7 Å². The van der Waals surface area contributed by atoms with Gasteiger partial charge < -0.3 is 11.1 Å². The van der Waals surface area contributed by atoms with E-state index in [9.17, 15) is 14.4 Å². The second kappa shape index (κ2) is 9.23. The average molecular weight is 478 g/mol. The van der Waals surface area contributed by atoms with Crippen LogP contribution in [0.15, 0.2) is 78.0 Å². The van der Waals surface area contributed by atoms with E-state index in [0.29, 0.717) is 27.7 Å².